The molecule has 23 heavy (non-hydrogen) atoms. The Morgan fingerprint density at radius 3 is 2.57 bits per heavy atom. The van der Waals surface area contributed by atoms with E-state index in [4.69, 9.17) is 21.7 Å². The molecule has 1 aliphatic rings. The van der Waals surface area contributed by atoms with Gasteiger partial charge in [-0.25, -0.2) is 4.68 Å². The normalized spacial score (nSPS) is 14.6. The van der Waals surface area contributed by atoms with Crippen molar-refractivity contribution in [2.75, 3.05) is 27.0 Å². The van der Waals surface area contributed by atoms with Gasteiger partial charge in [0.15, 0.2) is 19.8 Å². The fourth-order valence-corrected chi connectivity index (χ4v) is 4.45. The summed E-state index contributed by atoms with van der Waals surface area (Å²) in [5.74, 6) is 1.58. The lowest BCUT2D eigenvalue weighted by Gasteiger charge is -2.29. The molecule has 1 aliphatic heterocycles. The van der Waals surface area contributed by atoms with Crippen molar-refractivity contribution in [3.8, 4) is 11.5 Å². The topological polar surface area (TPSA) is 39.5 Å². The molecule has 0 fully saturated rings. The van der Waals surface area contributed by atoms with Crippen LogP contribution in [0.4, 0.5) is 0 Å². The van der Waals surface area contributed by atoms with Crippen LogP contribution in [0.15, 0.2) is 16.5 Å². The molecule has 2 aromatic rings. The highest BCUT2D eigenvalue weighted by Crippen LogP contribution is 2.33. The number of thioether (sulfide) groups is 1. The van der Waals surface area contributed by atoms with Crippen molar-refractivity contribution in [2.24, 2.45) is 0 Å². The van der Waals surface area contributed by atoms with Crippen LogP contribution < -0.4 is 9.47 Å². The van der Waals surface area contributed by atoms with Gasteiger partial charge in [0.2, 0.25) is 0 Å². The molecule has 0 bridgehead atoms. The number of ether oxygens (including phenoxy) is 2. The molecule has 5 nitrogen and oxygen atoms in total. The lowest BCUT2D eigenvalue weighted by Crippen LogP contribution is -2.32. The van der Waals surface area contributed by atoms with Crippen molar-refractivity contribution < 1.29 is 9.47 Å². The van der Waals surface area contributed by atoms with Gasteiger partial charge < -0.3 is 9.47 Å². The van der Waals surface area contributed by atoms with Crippen LogP contribution in [0, 0.1) is 3.95 Å². The summed E-state index contributed by atoms with van der Waals surface area (Å²) in [5.41, 5.74) is 2.60. The highest BCUT2D eigenvalue weighted by atomic mass is 32.2. The average molecular weight is 370 g/mol. The van der Waals surface area contributed by atoms with E-state index < -0.39 is 0 Å². The van der Waals surface area contributed by atoms with Gasteiger partial charge in [0.05, 0.1) is 20.9 Å². The van der Waals surface area contributed by atoms with E-state index in [2.05, 4.69) is 22.1 Å². The molecule has 0 aliphatic carbocycles. The maximum absolute atomic E-state index is 5.41. The molecule has 0 atom stereocenters. The molecule has 0 radical (unpaired) electrons. The minimum Gasteiger partial charge on any atom is -0.493 e. The Morgan fingerprint density at radius 1 is 1.26 bits per heavy atom. The van der Waals surface area contributed by atoms with Crippen LogP contribution in [-0.4, -0.2) is 41.7 Å². The van der Waals surface area contributed by atoms with Gasteiger partial charge in [0.25, 0.3) is 0 Å². The van der Waals surface area contributed by atoms with Gasteiger partial charge in [-0.1, -0.05) is 23.1 Å². The van der Waals surface area contributed by atoms with Crippen molar-refractivity contribution in [1.82, 2.24) is 14.7 Å². The smallest absolute Gasteiger partial charge is 0.181 e. The van der Waals surface area contributed by atoms with E-state index in [0.717, 1.165) is 46.0 Å². The second-order valence-corrected chi connectivity index (χ2v) is 7.93. The van der Waals surface area contributed by atoms with Crippen LogP contribution >= 0.6 is 35.3 Å². The Morgan fingerprint density at radius 2 is 1.96 bits per heavy atom. The number of methoxy groups -OCH3 is 2. The summed E-state index contributed by atoms with van der Waals surface area (Å²) in [7, 11) is 3.34. The predicted molar refractivity (Wildman–Crippen MR) is 96.4 cm³/mol. The highest BCUT2D eigenvalue weighted by molar-refractivity contribution is 8.00. The molecule has 124 valence electrons. The molecule has 0 N–H and O–H groups in total. The van der Waals surface area contributed by atoms with Crippen molar-refractivity contribution in [1.29, 1.82) is 0 Å². The Bertz CT molecular complexity index is 757. The molecule has 2 heterocycles. The largest absolute Gasteiger partial charge is 0.493 e. The molecule has 0 spiro atoms. The molecule has 8 heteroatoms. The van der Waals surface area contributed by atoms with Gasteiger partial charge in [-0.2, -0.15) is 5.10 Å². The van der Waals surface area contributed by atoms with E-state index >= 15 is 0 Å². The standard InChI is InChI=1S/C15H19N3O2S3/c1-19-12-6-10-4-5-17(8-11(10)7-13(12)20-2)9-18-15(21)23-14(16-18)22-3/h6-7H,4-5,8-9H2,1-3H3. The van der Waals surface area contributed by atoms with Gasteiger partial charge in [0.1, 0.15) is 0 Å². The lowest BCUT2D eigenvalue weighted by atomic mass is 9.99. The van der Waals surface area contributed by atoms with E-state index in [1.54, 1.807) is 37.3 Å². The highest BCUT2D eigenvalue weighted by Gasteiger charge is 2.20. The first-order valence-corrected chi connectivity index (χ1v) is 9.67. The fourth-order valence-electron chi connectivity index (χ4n) is 2.71. The summed E-state index contributed by atoms with van der Waals surface area (Å²) in [4.78, 5) is 2.36. The first kappa shape index (κ1) is 16.8. The molecular weight excluding hydrogens is 350 g/mol. The zero-order valence-electron chi connectivity index (χ0n) is 13.4. The molecule has 1 aromatic carbocycles. The summed E-state index contributed by atoms with van der Waals surface area (Å²) in [5, 5.41) is 4.55. The second-order valence-electron chi connectivity index (χ2n) is 5.26. The summed E-state index contributed by atoms with van der Waals surface area (Å²) in [6.07, 6.45) is 3.01. The summed E-state index contributed by atoms with van der Waals surface area (Å²) >= 11 is 8.60. The van der Waals surface area contributed by atoms with Crippen molar-refractivity contribution in [3.63, 3.8) is 0 Å². The van der Waals surface area contributed by atoms with Gasteiger partial charge in [0, 0.05) is 13.1 Å². The first-order chi connectivity index (χ1) is 11.1. The van der Waals surface area contributed by atoms with Gasteiger partial charge >= 0.3 is 0 Å². The zero-order valence-corrected chi connectivity index (χ0v) is 15.8. The quantitative estimate of drug-likeness (QED) is 0.594. The average Bonchev–Trinajstić information content (AvgIpc) is 2.93. The molecule has 0 saturated carbocycles. The third kappa shape index (κ3) is 3.55. The maximum Gasteiger partial charge on any atom is 0.181 e. The van der Waals surface area contributed by atoms with Gasteiger partial charge in [-0.15, -0.1) is 0 Å². The molecular formula is C15H19N3O2S3. The van der Waals surface area contributed by atoms with Crippen LogP contribution in [-0.2, 0) is 19.6 Å². The molecule has 0 unspecified atom stereocenters. The van der Waals surface area contributed by atoms with Crippen LogP contribution in [0.5, 0.6) is 11.5 Å². The fraction of sp³-hybridized carbons (Fsp3) is 0.467. The number of rotatable bonds is 5. The van der Waals surface area contributed by atoms with Crippen molar-refractivity contribution >= 4 is 35.3 Å². The Labute approximate surface area is 149 Å². The SMILES string of the molecule is COc1cc2c(cc1OC)CN(Cn1nc(SC)sc1=S)CC2. The number of hydrogen-bond acceptors (Lipinski definition) is 7. The molecule has 0 amide bonds. The third-order valence-corrected chi connectivity index (χ3v) is 6.18. The summed E-state index contributed by atoms with van der Waals surface area (Å²) in [6.45, 7) is 2.57. The Hall–Kier alpha value is -1.09. The third-order valence-electron chi connectivity index (χ3n) is 3.89. The number of nitrogens with zero attached hydrogens (tertiary/aromatic N) is 3. The van der Waals surface area contributed by atoms with Crippen LogP contribution in [0.2, 0.25) is 0 Å². The second kappa shape index (κ2) is 7.21. The van der Waals surface area contributed by atoms with Gasteiger partial charge in [-0.05, 0) is 48.2 Å². The Balaban J connectivity index is 1.79. The number of aromatic nitrogens is 2. The summed E-state index contributed by atoms with van der Waals surface area (Å²) < 4.78 is 14.6. The van der Waals surface area contributed by atoms with Crippen LogP contribution in [0.1, 0.15) is 11.1 Å². The monoisotopic (exact) mass is 369 g/mol. The zero-order chi connectivity index (χ0) is 16.4. The van der Waals surface area contributed by atoms with Crippen molar-refractivity contribution in [2.45, 2.75) is 24.0 Å². The minimum absolute atomic E-state index is 0.726. The van der Waals surface area contributed by atoms with E-state index in [0.29, 0.717) is 0 Å². The maximum atomic E-state index is 5.41. The number of benzene rings is 1. The number of hydrogen-bond donors (Lipinski definition) is 0. The van der Waals surface area contributed by atoms with Crippen LogP contribution in [0.25, 0.3) is 0 Å². The molecule has 1 aromatic heterocycles. The van der Waals surface area contributed by atoms with E-state index in [1.807, 2.05) is 10.9 Å². The van der Waals surface area contributed by atoms with E-state index in [1.165, 1.54) is 11.1 Å². The minimum atomic E-state index is 0.726. The number of fused-ring (bicyclic) bond motifs is 1. The predicted octanol–water partition coefficient (Wildman–Crippen LogP) is 3.43. The van der Waals surface area contributed by atoms with E-state index in [9.17, 15) is 0 Å². The first-order valence-electron chi connectivity index (χ1n) is 7.22. The molecule has 0 saturated heterocycles. The Kier molecular flexibility index (Phi) is 5.25. The summed E-state index contributed by atoms with van der Waals surface area (Å²) in [6, 6.07) is 4.17. The van der Waals surface area contributed by atoms with Crippen LogP contribution in [0.3, 0.4) is 0 Å². The van der Waals surface area contributed by atoms with E-state index in [-0.39, 0.29) is 0 Å². The van der Waals surface area contributed by atoms with Crippen molar-refractivity contribution in [3.05, 3.63) is 27.2 Å². The lowest BCUT2D eigenvalue weighted by molar-refractivity contribution is 0.187. The van der Waals surface area contributed by atoms with Gasteiger partial charge in [-0.3, -0.25) is 4.90 Å². The molecule has 3 rings (SSSR count).